The molecule has 1 aliphatic rings. The molecule has 0 aliphatic carbocycles. The second-order valence-electron chi connectivity index (χ2n) is 9.00. The van der Waals surface area contributed by atoms with Crippen molar-refractivity contribution in [3.05, 3.63) is 63.3 Å². The van der Waals surface area contributed by atoms with Crippen molar-refractivity contribution in [2.45, 2.75) is 26.8 Å². The number of pyridine rings is 1. The number of likely N-dealkylation sites (N-methyl/N-ethyl adjacent to an activating group) is 1. The first-order chi connectivity index (χ1) is 18.0. The van der Waals surface area contributed by atoms with Crippen molar-refractivity contribution >= 4 is 38.2 Å². The number of thiophene rings is 1. The van der Waals surface area contributed by atoms with Crippen LogP contribution < -0.4 is 25.1 Å². The Morgan fingerprint density at radius 3 is 2.76 bits per heavy atom. The van der Waals surface area contributed by atoms with Crippen molar-refractivity contribution in [3.63, 3.8) is 0 Å². The molecule has 0 atom stereocenters. The van der Waals surface area contributed by atoms with Crippen molar-refractivity contribution in [1.82, 2.24) is 14.8 Å². The molecule has 3 heterocycles. The average Bonchev–Trinajstić information content (AvgIpc) is 3.54. The summed E-state index contributed by atoms with van der Waals surface area (Å²) in [5.74, 6) is 1.45. The van der Waals surface area contributed by atoms with Crippen molar-refractivity contribution < 1.29 is 19.0 Å². The topological polar surface area (TPSA) is 82.0 Å². The Morgan fingerprint density at radius 2 is 1.95 bits per heavy atom. The fourth-order valence-corrected chi connectivity index (χ4v) is 5.84. The smallest absolute Gasteiger partial charge is 0.265 e. The van der Waals surface area contributed by atoms with Crippen LogP contribution in [-0.4, -0.2) is 48.4 Å². The molecule has 4 aromatic rings. The third-order valence-electron chi connectivity index (χ3n) is 6.63. The van der Waals surface area contributed by atoms with Gasteiger partial charge in [0.1, 0.15) is 16.9 Å². The third kappa shape index (κ3) is 4.89. The molecule has 0 unspecified atom stereocenters. The molecule has 194 valence electrons. The lowest BCUT2D eigenvalue weighted by molar-refractivity contribution is 0.0950. The molecule has 1 aliphatic heterocycles. The van der Waals surface area contributed by atoms with Crippen LogP contribution in [0.2, 0.25) is 0 Å². The Balaban J connectivity index is 1.49. The maximum Gasteiger partial charge on any atom is 0.265 e. The molecule has 0 spiro atoms. The van der Waals surface area contributed by atoms with Gasteiger partial charge in [-0.2, -0.15) is 0 Å². The summed E-state index contributed by atoms with van der Waals surface area (Å²) in [6, 6.07) is 13.3. The van der Waals surface area contributed by atoms with E-state index in [0.717, 1.165) is 40.7 Å². The van der Waals surface area contributed by atoms with Gasteiger partial charge in [-0.25, -0.2) is 0 Å². The van der Waals surface area contributed by atoms with Gasteiger partial charge in [0.05, 0.1) is 10.2 Å². The van der Waals surface area contributed by atoms with Gasteiger partial charge in [-0.3, -0.25) is 9.59 Å². The number of para-hydroxylation sites is 1. The quantitative estimate of drug-likeness (QED) is 0.330. The lowest BCUT2D eigenvalue weighted by atomic mass is 10.1. The second kappa shape index (κ2) is 10.8. The van der Waals surface area contributed by atoms with Gasteiger partial charge in [0, 0.05) is 25.5 Å². The third-order valence-corrected chi connectivity index (χ3v) is 7.83. The highest BCUT2D eigenvalue weighted by Gasteiger charge is 2.25. The van der Waals surface area contributed by atoms with Gasteiger partial charge in [-0.1, -0.05) is 38.1 Å². The Bertz CT molecular complexity index is 1510. The summed E-state index contributed by atoms with van der Waals surface area (Å²) in [5.41, 5.74) is 1.54. The largest absolute Gasteiger partial charge is 0.490 e. The molecular formula is C28H31N3O5S. The van der Waals surface area contributed by atoms with Gasteiger partial charge in [0.2, 0.25) is 6.79 Å². The molecule has 2 aromatic heterocycles. The highest BCUT2D eigenvalue weighted by molar-refractivity contribution is 7.22. The Hall–Kier alpha value is -3.56. The molecule has 0 saturated heterocycles. The molecule has 0 saturated carbocycles. The zero-order chi connectivity index (χ0) is 25.9. The van der Waals surface area contributed by atoms with E-state index in [1.807, 2.05) is 42.5 Å². The summed E-state index contributed by atoms with van der Waals surface area (Å²) in [5, 5.41) is 4.37. The number of aromatic nitrogens is 1. The van der Waals surface area contributed by atoms with Crippen molar-refractivity contribution in [1.29, 1.82) is 0 Å². The van der Waals surface area contributed by atoms with Gasteiger partial charge < -0.3 is 29.0 Å². The standard InChI is InChI=1S/C28H31N3O5S/c1-4-12-31(5-2)13-14-34-24-23-25(19-8-6-7-9-20(19)30(3)28(23)33)37-26(24)27(32)29-16-18-10-11-21-22(15-18)36-17-35-21/h6-11,15H,4-5,12-14,16-17H2,1-3H3,(H,29,32). The molecule has 0 fully saturated rings. The first-order valence-electron chi connectivity index (χ1n) is 12.6. The van der Waals surface area contributed by atoms with Crippen LogP contribution >= 0.6 is 11.3 Å². The molecule has 8 nitrogen and oxygen atoms in total. The molecule has 1 amide bonds. The van der Waals surface area contributed by atoms with E-state index < -0.39 is 0 Å². The fraction of sp³-hybridized carbons (Fsp3) is 0.357. The van der Waals surface area contributed by atoms with Crippen LogP contribution in [0.15, 0.2) is 47.3 Å². The van der Waals surface area contributed by atoms with Gasteiger partial charge in [0.15, 0.2) is 17.2 Å². The van der Waals surface area contributed by atoms with Crippen molar-refractivity contribution in [3.8, 4) is 17.2 Å². The molecule has 2 aromatic carbocycles. The highest BCUT2D eigenvalue weighted by Crippen LogP contribution is 2.40. The number of fused-ring (bicyclic) bond motifs is 4. The van der Waals surface area contributed by atoms with E-state index in [4.69, 9.17) is 14.2 Å². The molecule has 9 heteroatoms. The van der Waals surface area contributed by atoms with Crippen LogP contribution in [0.3, 0.4) is 0 Å². The number of carbonyl (C=O) groups excluding carboxylic acids is 1. The summed E-state index contributed by atoms with van der Waals surface area (Å²) in [6.07, 6.45) is 1.05. The molecule has 0 bridgehead atoms. The van der Waals surface area contributed by atoms with E-state index in [1.165, 1.54) is 11.3 Å². The number of nitrogens with one attached hydrogen (secondary N) is 1. The zero-order valence-electron chi connectivity index (χ0n) is 21.3. The number of nitrogens with zero attached hydrogens (tertiary/aromatic N) is 2. The molecule has 37 heavy (non-hydrogen) atoms. The summed E-state index contributed by atoms with van der Waals surface area (Å²) in [7, 11) is 1.75. The van der Waals surface area contributed by atoms with Crippen LogP contribution in [-0.2, 0) is 13.6 Å². The number of hydrogen-bond donors (Lipinski definition) is 1. The fourth-order valence-electron chi connectivity index (χ4n) is 4.66. The van der Waals surface area contributed by atoms with Gasteiger partial charge in [-0.15, -0.1) is 11.3 Å². The Labute approximate surface area is 219 Å². The highest BCUT2D eigenvalue weighted by atomic mass is 32.1. The molecule has 1 N–H and O–H groups in total. The average molecular weight is 522 g/mol. The number of hydrogen-bond acceptors (Lipinski definition) is 7. The van der Waals surface area contributed by atoms with Crippen molar-refractivity contribution in [2.24, 2.45) is 7.05 Å². The van der Waals surface area contributed by atoms with E-state index in [2.05, 4.69) is 24.1 Å². The lowest BCUT2D eigenvalue weighted by Gasteiger charge is -2.19. The Morgan fingerprint density at radius 1 is 1.14 bits per heavy atom. The number of amides is 1. The summed E-state index contributed by atoms with van der Waals surface area (Å²) in [6.45, 7) is 7.76. The van der Waals surface area contributed by atoms with Crippen molar-refractivity contribution in [2.75, 3.05) is 33.0 Å². The number of ether oxygens (including phenoxy) is 3. The van der Waals surface area contributed by atoms with E-state index in [1.54, 1.807) is 11.6 Å². The zero-order valence-corrected chi connectivity index (χ0v) is 22.2. The predicted octanol–water partition coefficient (Wildman–Crippen LogP) is 4.52. The van der Waals surface area contributed by atoms with Gasteiger partial charge in [-0.05, 0) is 43.3 Å². The van der Waals surface area contributed by atoms with Crippen LogP contribution in [0.1, 0.15) is 35.5 Å². The number of benzene rings is 2. The van der Waals surface area contributed by atoms with Gasteiger partial charge >= 0.3 is 0 Å². The minimum atomic E-state index is -0.277. The van der Waals surface area contributed by atoms with Crippen LogP contribution in [0.4, 0.5) is 0 Å². The maximum absolute atomic E-state index is 13.5. The summed E-state index contributed by atoms with van der Waals surface area (Å²) in [4.78, 5) is 29.6. The lowest BCUT2D eigenvalue weighted by Crippen LogP contribution is -2.29. The van der Waals surface area contributed by atoms with Gasteiger partial charge in [0.25, 0.3) is 11.5 Å². The summed E-state index contributed by atoms with van der Waals surface area (Å²) >= 11 is 1.31. The second-order valence-corrected chi connectivity index (χ2v) is 10.0. The number of rotatable bonds is 10. The molecule has 0 radical (unpaired) electrons. The van der Waals surface area contributed by atoms with E-state index in [0.29, 0.717) is 47.2 Å². The minimum absolute atomic E-state index is 0.171. The Kier molecular flexibility index (Phi) is 7.34. The van der Waals surface area contributed by atoms with E-state index in [9.17, 15) is 9.59 Å². The molecule has 5 rings (SSSR count). The van der Waals surface area contributed by atoms with Crippen LogP contribution in [0.5, 0.6) is 17.2 Å². The van der Waals surface area contributed by atoms with E-state index in [-0.39, 0.29) is 18.3 Å². The minimum Gasteiger partial charge on any atom is -0.490 e. The first-order valence-corrected chi connectivity index (χ1v) is 13.4. The number of aryl methyl sites for hydroxylation is 1. The molecular weight excluding hydrogens is 490 g/mol. The normalized spacial score (nSPS) is 12.5. The first kappa shape index (κ1) is 25.1. The predicted molar refractivity (Wildman–Crippen MR) is 146 cm³/mol. The maximum atomic E-state index is 13.5. The van der Waals surface area contributed by atoms with E-state index >= 15 is 0 Å². The SMILES string of the molecule is CCCN(CC)CCOc1c(C(=O)NCc2ccc3c(c2)OCO3)sc2c1c(=O)n(C)c1ccccc21. The van der Waals surface area contributed by atoms with Crippen LogP contribution in [0.25, 0.3) is 21.0 Å². The number of carbonyl (C=O) groups is 1. The monoisotopic (exact) mass is 521 g/mol. The summed E-state index contributed by atoms with van der Waals surface area (Å²) < 4.78 is 19.5. The van der Waals surface area contributed by atoms with Crippen LogP contribution in [0, 0.1) is 0 Å².